The van der Waals surface area contributed by atoms with E-state index in [0.29, 0.717) is 12.0 Å². The molecule has 102 valence electrons. The molecule has 0 heterocycles. The molecule has 0 fully saturated rings. The van der Waals surface area contributed by atoms with Gasteiger partial charge in [0.25, 0.3) is 0 Å². The van der Waals surface area contributed by atoms with Crippen LogP contribution in [0.5, 0.6) is 0 Å². The van der Waals surface area contributed by atoms with Crippen molar-refractivity contribution >= 4 is 11.6 Å². The maximum absolute atomic E-state index is 6.16. The lowest BCUT2D eigenvalue weighted by Gasteiger charge is -2.28. The van der Waals surface area contributed by atoms with Crippen molar-refractivity contribution in [3.63, 3.8) is 0 Å². The zero-order chi connectivity index (χ0) is 13.5. The molecule has 0 aliphatic carbocycles. The third-order valence-corrected chi connectivity index (χ3v) is 3.95. The highest BCUT2D eigenvalue weighted by Gasteiger charge is 2.21. The average molecular weight is 268 g/mol. The molecule has 1 N–H and O–H groups in total. The van der Waals surface area contributed by atoms with Crippen LogP contribution in [0.4, 0.5) is 0 Å². The second kappa shape index (κ2) is 7.81. The molecule has 1 aromatic carbocycles. The summed E-state index contributed by atoms with van der Waals surface area (Å²) in [6.07, 6.45) is 3.56. The van der Waals surface area contributed by atoms with Crippen LogP contribution in [0.15, 0.2) is 18.2 Å². The van der Waals surface area contributed by atoms with Crippen molar-refractivity contribution in [2.45, 2.75) is 53.0 Å². The van der Waals surface area contributed by atoms with Crippen LogP contribution in [0.2, 0.25) is 5.02 Å². The summed E-state index contributed by atoms with van der Waals surface area (Å²) in [5, 5.41) is 4.53. The average Bonchev–Trinajstić information content (AvgIpc) is 2.38. The monoisotopic (exact) mass is 267 g/mol. The Hall–Kier alpha value is -0.530. The van der Waals surface area contributed by atoms with Gasteiger partial charge in [-0.3, -0.25) is 0 Å². The Morgan fingerprint density at radius 2 is 1.83 bits per heavy atom. The van der Waals surface area contributed by atoms with Crippen molar-refractivity contribution in [1.29, 1.82) is 0 Å². The van der Waals surface area contributed by atoms with Gasteiger partial charge in [-0.1, -0.05) is 51.3 Å². The summed E-state index contributed by atoms with van der Waals surface area (Å²) in [4.78, 5) is 0. The molecule has 2 heteroatoms. The zero-order valence-corrected chi connectivity index (χ0v) is 12.8. The minimum absolute atomic E-state index is 0.429. The van der Waals surface area contributed by atoms with Crippen LogP contribution in [0.3, 0.4) is 0 Å². The molecule has 0 spiro atoms. The van der Waals surface area contributed by atoms with E-state index in [0.717, 1.165) is 18.0 Å². The summed E-state index contributed by atoms with van der Waals surface area (Å²) in [7, 11) is 0. The number of hydrogen-bond donors (Lipinski definition) is 1. The Kier molecular flexibility index (Phi) is 6.73. The van der Waals surface area contributed by atoms with E-state index < -0.39 is 0 Å². The van der Waals surface area contributed by atoms with Crippen LogP contribution >= 0.6 is 11.6 Å². The van der Waals surface area contributed by atoms with E-state index in [-0.39, 0.29) is 0 Å². The molecule has 0 aliphatic rings. The molecule has 0 aromatic heterocycles. The molecule has 0 bridgehead atoms. The third-order valence-electron chi connectivity index (χ3n) is 3.71. The lowest BCUT2D eigenvalue weighted by Crippen LogP contribution is -2.29. The van der Waals surface area contributed by atoms with E-state index >= 15 is 0 Å². The smallest absolute Gasteiger partial charge is 0.0409 e. The highest BCUT2D eigenvalue weighted by Crippen LogP contribution is 2.31. The SMILES string of the molecule is CCCNC(c1cc(Cl)ccc1C)C(CC)CC. The van der Waals surface area contributed by atoms with E-state index in [1.165, 1.54) is 24.0 Å². The van der Waals surface area contributed by atoms with Gasteiger partial charge in [-0.05, 0) is 49.1 Å². The van der Waals surface area contributed by atoms with Crippen molar-refractivity contribution in [2.75, 3.05) is 6.54 Å². The van der Waals surface area contributed by atoms with Crippen LogP contribution in [-0.4, -0.2) is 6.54 Å². The first kappa shape index (κ1) is 15.5. The van der Waals surface area contributed by atoms with Gasteiger partial charge in [-0.25, -0.2) is 0 Å². The van der Waals surface area contributed by atoms with Crippen LogP contribution < -0.4 is 5.32 Å². The zero-order valence-electron chi connectivity index (χ0n) is 12.1. The molecular formula is C16H26ClN. The van der Waals surface area contributed by atoms with Gasteiger partial charge >= 0.3 is 0 Å². The van der Waals surface area contributed by atoms with Gasteiger partial charge in [0.15, 0.2) is 0 Å². The molecule has 0 radical (unpaired) electrons. The van der Waals surface area contributed by atoms with Gasteiger partial charge in [0.1, 0.15) is 0 Å². The fraction of sp³-hybridized carbons (Fsp3) is 0.625. The molecule has 1 atom stereocenters. The predicted octanol–water partition coefficient (Wildman–Crippen LogP) is 5.13. The standard InChI is InChI=1S/C16H26ClN/c1-5-10-18-16(13(6-2)7-3)15-11-14(17)9-8-12(15)4/h8-9,11,13,16,18H,5-7,10H2,1-4H3. The van der Waals surface area contributed by atoms with Crippen LogP contribution in [-0.2, 0) is 0 Å². The number of hydrogen-bond acceptors (Lipinski definition) is 1. The summed E-state index contributed by atoms with van der Waals surface area (Å²) in [6, 6.07) is 6.66. The van der Waals surface area contributed by atoms with Gasteiger partial charge in [-0.2, -0.15) is 0 Å². The van der Waals surface area contributed by atoms with Crippen molar-refractivity contribution in [1.82, 2.24) is 5.32 Å². The fourth-order valence-electron chi connectivity index (χ4n) is 2.54. The topological polar surface area (TPSA) is 12.0 Å². The molecular weight excluding hydrogens is 242 g/mol. The van der Waals surface area contributed by atoms with E-state index in [4.69, 9.17) is 11.6 Å². The Balaban J connectivity index is 3.03. The summed E-state index contributed by atoms with van der Waals surface area (Å²) in [5.74, 6) is 0.675. The normalized spacial score (nSPS) is 13.0. The first-order valence-corrected chi connectivity index (χ1v) is 7.51. The van der Waals surface area contributed by atoms with Gasteiger partial charge in [0, 0.05) is 11.1 Å². The van der Waals surface area contributed by atoms with E-state index in [1.54, 1.807) is 0 Å². The maximum Gasteiger partial charge on any atom is 0.0409 e. The second-order valence-electron chi connectivity index (χ2n) is 5.01. The minimum Gasteiger partial charge on any atom is -0.310 e. The third kappa shape index (κ3) is 4.00. The summed E-state index contributed by atoms with van der Waals surface area (Å²) < 4.78 is 0. The molecule has 0 saturated carbocycles. The molecule has 0 saturated heterocycles. The first-order chi connectivity index (χ1) is 8.63. The van der Waals surface area contributed by atoms with E-state index in [2.05, 4.69) is 45.1 Å². The lowest BCUT2D eigenvalue weighted by atomic mass is 9.86. The number of aryl methyl sites for hydroxylation is 1. The molecule has 0 aliphatic heterocycles. The van der Waals surface area contributed by atoms with Crippen molar-refractivity contribution < 1.29 is 0 Å². The van der Waals surface area contributed by atoms with Gasteiger partial charge in [0.2, 0.25) is 0 Å². The van der Waals surface area contributed by atoms with Crippen molar-refractivity contribution in [3.8, 4) is 0 Å². The van der Waals surface area contributed by atoms with Crippen LogP contribution in [0.1, 0.15) is 57.2 Å². The van der Waals surface area contributed by atoms with Gasteiger partial charge in [0.05, 0.1) is 0 Å². The molecule has 1 aromatic rings. The van der Waals surface area contributed by atoms with E-state index in [9.17, 15) is 0 Å². The molecule has 1 rings (SSSR count). The Morgan fingerprint density at radius 1 is 1.17 bits per heavy atom. The first-order valence-electron chi connectivity index (χ1n) is 7.13. The fourth-order valence-corrected chi connectivity index (χ4v) is 2.72. The highest BCUT2D eigenvalue weighted by molar-refractivity contribution is 6.30. The molecule has 1 unspecified atom stereocenters. The van der Waals surface area contributed by atoms with Crippen LogP contribution in [0, 0.1) is 12.8 Å². The molecule has 18 heavy (non-hydrogen) atoms. The number of benzene rings is 1. The van der Waals surface area contributed by atoms with Crippen molar-refractivity contribution in [3.05, 3.63) is 34.3 Å². The van der Waals surface area contributed by atoms with E-state index in [1.807, 2.05) is 6.07 Å². The maximum atomic E-state index is 6.16. The summed E-state index contributed by atoms with van der Waals surface area (Å²) in [6.45, 7) is 9.99. The van der Waals surface area contributed by atoms with Crippen molar-refractivity contribution in [2.24, 2.45) is 5.92 Å². The Labute approximate surface area is 117 Å². The Bertz CT molecular complexity index is 358. The summed E-state index contributed by atoms with van der Waals surface area (Å²) in [5.41, 5.74) is 2.70. The number of nitrogens with one attached hydrogen (secondary N) is 1. The van der Waals surface area contributed by atoms with Gasteiger partial charge < -0.3 is 5.32 Å². The largest absolute Gasteiger partial charge is 0.310 e. The van der Waals surface area contributed by atoms with Gasteiger partial charge in [-0.15, -0.1) is 0 Å². The number of rotatable bonds is 7. The Morgan fingerprint density at radius 3 is 2.39 bits per heavy atom. The summed E-state index contributed by atoms with van der Waals surface area (Å²) >= 11 is 6.16. The second-order valence-corrected chi connectivity index (χ2v) is 5.45. The quantitative estimate of drug-likeness (QED) is 0.723. The minimum atomic E-state index is 0.429. The lowest BCUT2D eigenvalue weighted by molar-refractivity contribution is 0.340. The highest BCUT2D eigenvalue weighted by atomic mass is 35.5. The number of halogens is 1. The predicted molar refractivity (Wildman–Crippen MR) is 81.3 cm³/mol. The van der Waals surface area contributed by atoms with Crippen LogP contribution in [0.25, 0.3) is 0 Å². The molecule has 1 nitrogen and oxygen atoms in total. The molecule has 0 amide bonds.